The van der Waals surface area contributed by atoms with Crippen LogP contribution in [0.1, 0.15) is 56.1 Å². The van der Waals surface area contributed by atoms with Crippen molar-refractivity contribution in [1.29, 1.82) is 0 Å². The van der Waals surface area contributed by atoms with Crippen molar-refractivity contribution in [2.75, 3.05) is 5.32 Å². The predicted octanol–water partition coefficient (Wildman–Crippen LogP) is 4.80. The summed E-state index contributed by atoms with van der Waals surface area (Å²) >= 11 is 0. The number of rotatable bonds is 2. The molecule has 5 aliphatic rings. The van der Waals surface area contributed by atoms with Crippen molar-refractivity contribution >= 4 is 5.69 Å². The van der Waals surface area contributed by atoms with Gasteiger partial charge in [-0.2, -0.15) is 0 Å². The number of nitrogens with one attached hydrogen (secondary N) is 1. The van der Waals surface area contributed by atoms with Gasteiger partial charge < -0.3 is 5.32 Å². The fraction of sp³-hybridized carbons (Fsp3) is 0.700. The molecule has 1 aromatic carbocycles. The van der Waals surface area contributed by atoms with Crippen LogP contribution in [0.4, 0.5) is 5.69 Å². The van der Waals surface area contributed by atoms with Crippen molar-refractivity contribution in [2.45, 2.75) is 63.8 Å². The zero-order valence-electron chi connectivity index (χ0n) is 13.0. The lowest BCUT2D eigenvalue weighted by molar-refractivity contribution is 0.00751. The first-order valence-electron chi connectivity index (χ1n) is 9.24. The molecule has 0 heterocycles. The molecule has 0 atom stereocenters. The smallest absolute Gasteiger partial charge is 0.0377 e. The number of benzene rings is 1. The van der Waals surface area contributed by atoms with E-state index in [-0.39, 0.29) is 0 Å². The Kier molecular flexibility index (Phi) is 2.85. The molecule has 0 aliphatic heterocycles. The topological polar surface area (TPSA) is 12.0 Å². The maximum atomic E-state index is 4.05. The summed E-state index contributed by atoms with van der Waals surface area (Å²) in [6.45, 7) is 0. The van der Waals surface area contributed by atoms with E-state index in [1.807, 2.05) is 0 Å². The lowest BCUT2D eigenvalue weighted by Gasteiger charge is -2.54. The number of aryl methyl sites for hydroxylation is 1. The zero-order chi connectivity index (χ0) is 13.8. The van der Waals surface area contributed by atoms with Crippen molar-refractivity contribution < 1.29 is 0 Å². The molecular formula is C20H27N. The molecule has 0 spiro atoms. The molecule has 5 aliphatic carbocycles. The molecule has 4 bridgehead atoms. The van der Waals surface area contributed by atoms with Crippen LogP contribution in [-0.4, -0.2) is 6.04 Å². The van der Waals surface area contributed by atoms with E-state index < -0.39 is 0 Å². The van der Waals surface area contributed by atoms with Gasteiger partial charge in [-0.05, 0) is 98.7 Å². The van der Waals surface area contributed by atoms with Crippen LogP contribution < -0.4 is 5.32 Å². The van der Waals surface area contributed by atoms with Crippen molar-refractivity contribution in [3.8, 4) is 0 Å². The first-order chi connectivity index (χ1) is 10.4. The van der Waals surface area contributed by atoms with Crippen LogP contribution in [0.2, 0.25) is 0 Å². The summed E-state index contributed by atoms with van der Waals surface area (Å²) in [5, 5.41) is 4.05. The zero-order valence-corrected chi connectivity index (χ0v) is 13.0. The molecule has 4 saturated carbocycles. The standard InChI is InChI=1S/C20H27N/c1-2-6-18-15(4-1)5-3-7-19(18)21-20-16-9-13-8-14(11-16)12-17(20)10-13/h3,5,7,13-14,16-17,20-21H,1-2,4,6,8-12H2. The minimum Gasteiger partial charge on any atom is -0.382 e. The number of fused-ring (bicyclic) bond motifs is 1. The molecule has 0 unspecified atom stereocenters. The Morgan fingerprint density at radius 3 is 2.29 bits per heavy atom. The van der Waals surface area contributed by atoms with Crippen LogP contribution in [0.5, 0.6) is 0 Å². The summed E-state index contributed by atoms with van der Waals surface area (Å²) in [6.07, 6.45) is 13.0. The fourth-order valence-corrected chi connectivity index (χ4v) is 6.26. The second-order valence-electron chi connectivity index (χ2n) is 8.25. The minimum absolute atomic E-state index is 0.784. The van der Waals surface area contributed by atoms with Gasteiger partial charge in [-0.1, -0.05) is 12.1 Å². The second kappa shape index (κ2) is 4.76. The summed E-state index contributed by atoms with van der Waals surface area (Å²) < 4.78 is 0. The Bertz CT molecular complexity index is 519. The van der Waals surface area contributed by atoms with E-state index in [2.05, 4.69) is 23.5 Å². The first kappa shape index (κ1) is 12.6. The molecule has 0 amide bonds. The molecule has 1 heteroatoms. The highest BCUT2D eigenvalue weighted by Gasteiger charge is 2.48. The maximum Gasteiger partial charge on any atom is 0.0377 e. The second-order valence-corrected chi connectivity index (χ2v) is 8.25. The van der Waals surface area contributed by atoms with Crippen LogP contribution in [0.3, 0.4) is 0 Å². The normalized spacial score (nSPS) is 40.1. The van der Waals surface area contributed by atoms with E-state index in [0.717, 1.165) is 29.7 Å². The molecule has 112 valence electrons. The molecule has 1 aromatic rings. The Morgan fingerprint density at radius 1 is 0.810 bits per heavy atom. The number of hydrogen-bond donors (Lipinski definition) is 1. The number of anilines is 1. The molecule has 0 saturated heterocycles. The third kappa shape index (κ3) is 2.04. The largest absolute Gasteiger partial charge is 0.382 e. The van der Waals surface area contributed by atoms with E-state index in [1.165, 1.54) is 57.1 Å². The summed E-state index contributed by atoms with van der Waals surface area (Å²) in [5.74, 6) is 4.10. The van der Waals surface area contributed by atoms with Crippen LogP contribution in [-0.2, 0) is 12.8 Å². The minimum atomic E-state index is 0.784. The SMILES string of the molecule is c1cc2c(c(NC3C4CC5CC(C4)CC3C5)c1)CCCC2. The van der Waals surface area contributed by atoms with E-state index in [4.69, 9.17) is 0 Å². The van der Waals surface area contributed by atoms with Crippen LogP contribution in [0.15, 0.2) is 18.2 Å². The molecule has 1 N–H and O–H groups in total. The van der Waals surface area contributed by atoms with Gasteiger partial charge in [0, 0.05) is 11.7 Å². The molecule has 6 rings (SSSR count). The molecule has 4 fully saturated rings. The fourth-order valence-electron chi connectivity index (χ4n) is 6.26. The predicted molar refractivity (Wildman–Crippen MR) is 87.5 cm³/mol. The summed E-state index contributed by atoms with van der Waals surface area (Å²) in [7, 11) is 0. The van der Waals surface area contributed by atoms with Gasteiger partial charge in [0.2, 0.25) is 0 Å². The Hall–Kier alpha value is -0.980. The van der Waals surface area contributed by atoms with Gasteiger partial charge in [0.05, 0.1) is 0 Å². The third-order valence-corrected chi connectivity index (χ3v) is 6.94. The van der Waals surface area contributed by atoms with Crippen molar-refractivity contribution in [1.82, 2.24) is 0 Å². The van der Waals surface area contributed by atoms with E-state index in [9.17, 15) is 0 Å². The molecular weight excluding hydrogens is 254 g/mol. The highest BCUT2D eigenvalue weighted by atomic mass is 15.0. The summed E-state index contributed by atoms with van der Waals surface area (Å²) in [6, 6.07) is 7.78. The summed E-state index contributed by atoms with van der Waals surface area (Å²) in [5.41, 5.74) is 4.76. The molecule has 0 radical (unpaired) electrons. The van der Waals surface area contributed by atoms with E-state index >= 15 is 0 Å². The lowest BCUT2D eigenvalue weighted by atomic mass is 9.54. The van der Waals surface area contributed by atoms with Crippen LogP contribution in [0.25, 0.3) is 0 Å². The van der Waals surface area contributed by atoms with Crippen LogP contribution >= 0.6 is 0 Å². The van der Waals surface area contributed by atoms with E-state index in [1.54, 1.807) is 17.5 Å². The van der Waals surface area contributed by atoms with Gasteiger partial charge in [0.1, 0.15) is 0 Å². The van der Waals surface area contributed by atoms with Crippen molar-refractivity contribution in [3.05, 3.63) is 29.3 Å². The highest BCUT2D eigenvalue weighted by Crippen LogP contribution is 2.54. The quantitative estimate of drug-likeness (QED) is 0.821. The van der Waals surface area contributed by atoms with E-state index in [0.29, 0.717) is 0 Å². The highest BCUT2D eigenvalue weighted by molar-refractivity contribution is 5.56. The average Bonchev–Trinajstić information content (AvgIpc) is 2.50. The maximum absolute atomic E-state index is 4.05. The Labute approximate surface area is 128 Å². The van der Waals surface area contributed by atoms with Gasteiger partial charge in [-0.3, -0.25) is 0 Å². The first-order valence-corrected chi connectivity index (χ1v) is 9.24. The van der Waals surface area contributed by atoms with Gasteiger partial charge in [0.15, 0.2) is 0 Å². The van der Waals surface area contributed by atoms with Gasteiger partial charge in [-0.25, -0.2) is 0 Å². The summed E-state index contributed by atoms with van der Waals surface area (Å²) in [4.78, 5) is 0. The monoisotopic (exact) mass is 281 g/mol. The lowest BCUT2D eigenvalue weighted by Crippen LogP contribution is -2.51. The number of hydrogen-bond acceptors (Lipinski definition) is 1. The third-order valence-electron chi connectivity index (χ3n) is 6.94. The Morgan fingerprint density at radius 2 is 1.52 bits per heavy atom. The Balaban J connectivity index is 1.43. The van der Waals surface area contributed by atoms with Crippen molar-refractivity contribution in [2.24, 2.45) is 23.7 Å². The molecule has 21 heavy (non-hydrogen) atoms. The van der Waals surface area contributed by atoms with Gasteiger partial charge in [0.25, 0.3) is 0 Å². The van der Waals surface area contributed by atoms with Gasteiger partial charge >= 0.3 is 0 Å². The van der Waals surface area contributed by atoms with Crippen molar-refractivity contribution in [3.63, 3.8) is 0 Å². The van der Waals surface area contributed by atoms with Crippen LogP contribution in [0, 0.1) is 23.7 Å². The molecule has 1 nitrogen and oxygen atoms in total. The molecule has 0 aromatic heterocycles. The van der Waals surface area contributed by atoms with Gasteiger partial charge in [-0.15, -0.1) is 0 Å². The average molecular weight is 281 g/mol.